The summed E-state index contributed by atoms with van der Waals surface area (Å²) in [7, 11) is 3.56. The lowest BCUT2D eigenvalue weighted by Gasteiger charge is -2.15. The Labute approximate surface area is 230 Å². The fourth-order valence-electron chi connectivity index (χ4n) is 3.53. The summed E-state index contributed by atoms with van der Waals surface area (Å²) in [4.78, 5) is 27.2. The molecular formula is C28H28ClFN6O3. The van der Waals surface area contributed by atoms with E-state index in [2.05, 4.69) is 25.6 Å². The number of pyridine rings is 1. The van der Waals surface area contributed by atoms with Crippen molar-refractivity contribution in [2.45, 2.75) is 13.8 Å². The second kappa shape index (κ2) is 12.5. The molecule has 2 aromatic heterocycles. The van der Waals surface area contributed by atoms with Crippen molar-refractivity contribution in [2.75, 3.05) is 37.9 Å². The second-order valence-corrected chi connectivity index (χ2v) is 9.20. The van der Waals surface area contributed by atoms with E-state index in [9.17, 15) is 9.18 Å². The van der Waals surface area contributed by atoms with Crippen LogP contribution in [-0.4, -0.2) is 53.0 Å². The Bertz CT molecular complexity index is 1510. The molecule has 2 N–H and O–H groups in total. The number of nitrogens with zero attached hydrogens (tertiary/aromatic N) is 4. The molecule has 0 bridgehead atoms. The van der Waals surface area contributed by atoms with Crippen molar-refractivity contribution < 1.29 is 18.7 Å². The Morgan fingerprint density at radius 1 is 1.10 bits per heavy atom. The highest BCUT2D eigenvalue weighted by atomic mass is 35.5. The molecule has 0 fully saturated rings. The van der Waals surface area contributed by atoms with Gasteiger partial charge in [0.15, 0.2) is 5.83 Å². The van der Waals surface area contributed by atoms with Crippen LogP contribution in [0.15, 0.2) is 66.9 Å². The normalized spacial score (nSPS) is 11.5. The first-order chi connectivity index (χ1) is 18.7. The second-order valence-electron chi connectivity index (χ2n) is 8.80. The maximum absolute atomic E-state index is 14.4. The molecule has 4 rings (SSSR count). The number of aryl methyl sites for hydroxylation is 1. The van der Waals surface area contributed by atoms with Crippen LogP contribution >= 0.6 is 11.6 Å². The number of ether oxygens (including phenoxy) is 2. The summed E-state index contributed by atoms with van der Waals surface area (Å²) in [6.45, 7) is 4.33. The van der Waals surface area contributed by atoms with Crippen molar-refractivity contribution in [3.8, 4) is 17.2 Å². The van der Waals surface area contributed by atoms with E-state index >= 15 is 0 Å². The lowest BCUT2D eigenvalue weighted by molar-refractivity contribution is -0.114. The minimum absolute atomic E-state index is 0.283. The zero-order valence-electron chi connectivity index (χ0n) is 22.0. The number of carbonyl (C=O) groups is 1. The number of carbonyl (C=O) groups excluding carboxylic acids is 1. The van der Waals surface area contributed by atoms with Crippen LogP contribution in [0.2, 0.25) is 5.02 Å². The molecule has 202 valence electrons. The average Bonchev–Trinajstić information content (AvgIpc) is 2.90. The molecule has 0 saturated heterocycles. The van der Waals surface area contributed by atoms with E-state index < -0.39 is 11.7 Å². The summed E-state index contributed by atoms with van der Waals surface area (Å²) in [5.74, 6) is 0.0731. The molecular weight excluding hydrogens is 523 g/mol. The maximum atomic E-state index is 14.4. The molecule has 9 nitrogen and oxygen atoms in total. The fourth-order valence-corrected chi connectivity index (χ4v) is 3.75. The highest BCUT2D eigenvalue weighted by Gasteiger charge is 2.16. The number of hydrogen-bond acceptors (Lipinski definition) is 8. The molecule has 0 unspecified atom stereocenters. The van der Waals surface area contributed by atoms with Crippen molar-refractivity contribution in [1.82, 2.24) is 19.9 Å². The Morgan fingerprint density at radius 2 is 1.92 bits per heavy atom. The summed E-state index contributed by atoms with van der Waals surface area (Å²) >= 11 is 6.48. The van der Waals surface area contributed by atoms with Crippen LogP contribution in [0.3, 0.4) is 0 Å². The molecule has 0 aliphatic rings. The molecule has 0 atom stereocenters. The Morgan fingerprint density at radius 3 is 2.62 bits per heavy atom. The van der Waals surface area contributed by atoms with Crippen LogP contribution < -0.4 is 20.1 Å². The van der Waals surface area contributed by atoms with Crippen LogP contribution in [0, 0.1) is 6.92 Å². The molecule has 11 heteroatoms. The lowest BCUT2D eigenvalue weighted by atomic mass is 10.1. The SMILES string of the molecule is CCOc1cc2ncnc(Nc3ccc(Oc4ccc(C)nc4)c(Cl)c3)c2cc1NC(=O)/C(F)=C\CN(C)C. The number of aromatic nitrogens is 3. The van der Waals surface area contributed by atoms with Crippen molar-refractivity contribution >= 4 is 45.6 Å². The Kier molecular flexibility index (Phi) is 8.90. The smallest absolute Gasteiger partial charge is 0.284 e. The van der Waals surface area contributed by atoms with Gasteiger partial charge in [-0.25, -0.2) is 14.4 Å². The number of likely N-dealkylation sites (N-methyl/N-ethyl adjacent to an activating group) is 1. The van der Waals surface area contributed by atoms with Gasteiger partial charge in [0.2, 0.25) is 0 Å². The van der Waals surface area contributed by atoms with Gasteiger partial charge in [0, 0.05) is 29.4 Å². The lowest BCUT2D eigenvalue weighted by Crippen LogP contribution is -2.16. The molecule has 39 heavy (non-hydrogen) atoms. The number of anilines is 3. The van der Waals surface area contributed by atoms with Gasteiger partial charge in [0.05, 0.1) is 29.0 Å². The van der Waals surface area contributed by atoms with Crippen LogP contribution in [0.4, 0.5) is 21.6 Å². The monoisotopic (exact) mass is 550 g/mol. The van der Waals surface area contributed by atoms with Crippen molar-refractivity contribution in [2.24, 2.45) is 0 Å². The fraction of sp³-hybridized carbons (Fsp3) is 0.214. The van der Waals surface area contributed by atoms with Crippen LogP contribution in [0.25, 0.3) is 10.9 Å². The van der Waals surface area contributed by atoms with Gasteiger partial charge >= 0.3 is 0 Å². The predicted molar refractivity (Wildman–Crippen MR) is 151 cm³/mol. The molecule has 4 aromatic rings. The van der Waals surface area contributed by atoms with Gasteiger partial charge in [-0.15, -0.1) is 0 Å². The number of amides is 1. The first kappa shape index (κ1) is 27.7. The number of nitrogens with one attached hydrogen (secondary N) is 2. The van der Waals surface area contributed by atoms with Crippen LogP contribution in [0.1, 0.15) is 12.6 Å². The highest BCUT2D eigenvalue weighted by molar-refractivity contribution is 6.32. The third kappa shape index (κ3) is 7.18. The zero-order valence-corrected chi connectivity index (χ0v) is 22.7. The summed E-state index contributed by atoms with van der Waals surface area (Å²) in [5, 5.41) is 6.78. The van der Waals surface area contributed by atoms with Gasteiger partial charge < -0.3 is 25.0 Å². The molecule has 2 heterocycles. The zero-order chi connectivity index (χ0) is 27.9. The van der Waals surface area contributed by atoms with Crippen LogP contribution in [-0.2, 0) is 4.79 Å². The molecule has 0 aliphatic carbocycles. The van der Waals surface area contributed by atoms with Crippen molar-refractivity contribution in [3.05, 3.63) is 77.6 Å². The van der Waals surface area contributed by atoms with E-state index in [-0.39, 0.29) is 12.2 Å². The minimum Gasteiger partial charge on any atom is -0.492 e. The van der Waals surface area contributed by atoms with Gasteiger partial charge in [-0.2, -0.15) is 0 Å². The molecule has 1 amide bonds. The van der Waals surface area contributed by atoms with E-state index in [0.717, 1.165) is 5.69 Å². The highest BCUT2D eigenvalue weighted by Crippen LogP contribution is 2.36. The number of hydrogen-bond donors (Lipinski definition) is 2. The first-order valence-electron chi connectivity index (χ1n) is 12.1. The Hall–Kier alpha value is -4.28. The summed E-state index contributed by atoms with van der Waals surface area (Å²) in [6.07, 6.45) is 4.24. The number of halogens is 2. The molecule has 0 saturated carbocycles. The maximum Gasteiger partial charge on any atom is 0.284 e. The number of benzene rings is 2. The molecule has 0 aliphatic heterocycles. The van der Waals surface area contributed by atoms with Crippen molar-refractivity contribution in [3.63, 3.8) is 0 Å². The quantitative estimate of drug-likeness (QED) is 0.223. The first-order valence-corrected chi connectivity index (χ1v) is 12.5. The van der Waals surface area contributed by atoms with Gasteiger partial charge in [-0.3, -0.25) is 9.78 Å². The third-order valence-corrected chi connectivity index (χ3v) is 5.74. The largest absolute Gasteiger partial charge is 0.492 e. The number of fused-ring (bicyclic) bond motifs is 1. The van der Waals surface area contributed by atoms with E-state index in [4.69, 9.17) is 21.1 Å². The van der Waals surface area contributed by atoms with Gasteiger partial charge in [-0.05, 0) is 70.4 Å². The minimum atomic E-state index is -0.896. The predicted octanol–water partition coefficient (Wildman–Crippen LogP) is 6.27. The molecule has 2 aromatic carbocycles. The Balaban J connectivity index is 1.61. The van der Waals surface area contributed by atoms with E-state index in [1.54, 1.807) is 55.5 Å². The van der Waals surface area contributed by atoms with Gasteiger partial charge in [0.25, 0.3) is 5.91 Å². The van der Waals surface area contributed by atoms with E-state index in [1.165, 1.54) is 12.4 Å². The van der Waals surface area contributed by atoms with Gasteiger partial charge in [-0.1, -0.05) is 11.6 Å². The molecule has 0 spiro atoms. The van der Waals surface area contributed by atoms with E-state index in [1.807, 2.05) is 26.0 Å². The summed E-state index contributed by atoms with van der Waals surface area (Å²) in [6, 6.07) is 12.2. The van der Waals surface area contributed by atoms with Crippen LogP contribution in [0.5, 0.6) is 17.2 Å². The standard InChI is InChI=1S/C28H28ClFN6O3/c1-5-38-26-14-23-20(13-24(26)35-28(37)22(30)10-11-36(3)4)27(33-16-32-23)34-18-7-9-25(21(29)12-18)39-19-8-6-17(2)31-15-19/h6-10,12-16H,5,11H2,1-4H3,(H,35,37)(H,32,33,34)/b22-10+. The number of rotatable bonds is 10. The van der Waals surface area contributed by atoms with E-state index in [0.29, 0.717) is 51.3 Å². The topological polar surface area (TPSA) is 102 Å². The molecule has 0 radical (unpaired) electrons. The van der Waals surface area contributed by atoms with Crippen molar-refractivity contribution in [1.29, 1.82) is 0 Å². The average molecular weight is 551 g/mol. The van der Waals surface area contributed by atoms with Gasteiger partial charge in [0.1, 0.15) is 29.4 Å². The summed E-state index contributed by atoms with van der Waals surface area (Å²) < 4.78 is 25.9. The summed E-state index contributed by atoms with van der Waals surface area (Å²) in [5.41, 5.74) is 2.38. The third-order valence-electron chi connectivity index (χ3n) is 5.44.